The van der Waals surface area contributed by atoms with Crippen molar-refractivity contribution in [3.8, 4) is 0 Å². The Morgan fingerprint density at radius 1 is 1.29 bits per heavy atom. The van der Waals surface area contributed by atoms with Crippen LogP contribution in [0.1, 0.15) is 25.3 Å². The van der Waals surface area contributed by atoms with Gasteiger partial charge in [0.25, 0.3) is 0 Å². The molecule has 0 bridgehead atoms. The molecule has 0 aliphatic carbocycles. The highest BCUT2D eigenvalue weighted by molar-refractivity contribution is 6.01. The standard InChI is InChI=1S/C14H17FN2O4/c1-8-3-4-10(15)11(5-8)16-14(21)17-12(18)6-9(2)7-13(19)20/h3-5,9H,6-7H2,1-2H3,(H,19,20)(H2,16,17,18,21). The summed E-state index contributed by atoms with van der Waals surface area (Å²) in [4.78, 5) is 33.6. The fourth-order valence-corrected chi connectivity index (χ4v) is 1.75. The summed E-state index contributed by atoms with van der Waals surface area (Å²) < 4.78 is 13.4. The zero-order valence-corrected chi connectivity index (χ0v) is 11.8. The van der Waals surface area contributed by atoms with Crippen molar-refractivity contribution >= 4 is 23.6 Å². The van der Waals surface area contributed by atoms with Gasteiger partial charge in [-0.05, 0) is 30.5 Å². The molecule has 1 aromatic rings. The lowest BCUT2D eigenvalue weighted by atomic mass is 10.0. The molecule has 7 heteroatoms. The summed E-state index contributed by atoms with van der Waals surface area (Å²) in [5, 5.41) is 12.8. The molecular formula is C14H17FN2O4. The van der Waals surface area contributed by atoms with Gasteiger partial charge in [-0.3, -0.25) is 14.9 Å². The molecular weight excluding hydrogens is 279 g/mol. The number of hydrogen-bond acceptors (Lipinski definition) is 3. The van der Waals surface area contributed by atoms with Crippen LogP contribution in [0.4, 0.5) is 14.9 Å². The third-order valence-corrected chi connectivity index (χ3v) is 2.68. The number of anilines is 1. The summed E-state index contributed by atoms with van der Waals surface area (Å²) in [5.41, 5.74) is 0.729. The Labute approximate surface area is 121 Å². The molecule has 0 heterocycles. The molecule has 1 aromatic carbocycles. The first-order valence-corrected chi connectivity index (χ1v) is 6.36. The molecule has 0 radical (unpaired) electrons. The van der Waals surface area contributed by atoms with Crippen molar-refractivity contribution in [2.45, 2.75) is 26.7 Å². The number of urea groups is 1. The average molecular weight is 296 g/mol. The van der Waals surface area contributed by atoms with Gasteiger partial charge in [-0.15, -0.1) is 0 Å². The van der Waals surface area contributed by atoms with Crippen LogP contribution in [0.5, 0.6) is 0 Å². The van der Waals surface area contributed by atoms with E-state index in [0.29, 0.717) is 0 Å². The van der Waals surface area contributed by atoms with Gasteiger partial charge in [0.2, 0.25) is 5.91 Å². The van der Waals surface area contributed by atoms with E-state index < -0.39 is 29.6 Å². The Morgan fingerprint density at radius 3 is 2.57 bits per heavy atom. The van der Waals surface area contributed by atoms with E-state index >= 15 is 0 Å². The highest BCUT2D eigenvalue weighted by atomic mass is 19.1. The minimum absolute atomic E-state index is 0.0288. The second-order valence-corrected chi connectivity index (χ2v) is 4.89. The van der Waals surface area contributed by atoms with Crippen molar-refractivity contribution in [3.05, 3.63) is 29.6 Å². The number of carboxylic acid groups (broad SMARTS) is 1. The van der Waals surface area contributed by atoms with Crippen LogP contribution < -0.4 is 10.6 Å². The summed E-state index contributed by atoms with van der Waals surface area (Å²) in [7, 11) is 0. The van der Waals surface area contributed by atoms with Gasteiger partial charge < -0.3 is 10.4 Å². The number of nitrogens with one attached hydrogen (secondary N) is 2. The van der Waals surface area contributed by atoms with Gasteiger partial charge in [-0.1, -0.05) is 13.0 Å². The number of amides is 3. The van der Waals surface area contributed by atoms with Crippen molar-refractivity contribution in [3.63, 3.8) is 0 Å². The van der Waals surface area contributed by atoms with Crippen LogP contribution in [0.25, 0.3) is 0 Å². The van der Waals surface area contributed by atoms with E-state index in [-0.39, 0.29) is 18.5 Å². The summed E-state index contributed by atoms with van der Waals surface area (Å²) in [5.74, 6) is -2.63. The normalized spacial score (nSPS) is 11.6. The number of rotatable bonds is 5. The van der Waals surface area contributed by atoms with Crippen molar-refractivity contribution in [2.75, 3.05) is 5.32 Å². The van der Waals surface area contributed by atoms with E-state index in [4.69, 9.17) is 5.11 Å². The van der Waals surface area contributed by atoms with Gasteiger partial charge in [0.15, 0.2) is 0 Å². The largest absolute Gasteiger partial charge is 0.481 e. The van der Waals surface area contributed by atoms with Gasteiger partial charge in [-0.25, -0.2) is 9.18 Å². The third kappa shape index (κ3) is 6.03. The van der Waals surface area contributed by atoms with E-state index in [1.165, 1.54) is 12.1 Å². The minimum atomic E-state index is -1.01. The Bertz CT molecular complexity index is 560. The third-order valence-electron chi connectivity index (χ3n) is 2.68. The molecule has 0 aromatic heterocycles. The first-order valence-electron chi connectivity index (χ1n) is 6.36. The van der Waals surface area contributed by atoms with E-state index in [2.05, 4.69) is 5.32 Å². The molecule has 0 saturated carbocycles. The molecule has 1 unspecified atom stereocenters. The number of aliphatic carboxylic acids is 1. The molecule has 0 saturated heterocycles. The number of carbonyl (C=O) groups excluding carboxylic acids is 2. The van der Waals surface area contributed by atoms with Crippen LogP contribution in [0.15, 0.2) is 18.2 Å². The Morgan fingerprint density at radius 2 is 1.95 bits per heavy atom. The molecule has 3 amide bonds. The predicted octanol–water partition coefficient (Wildman–Crippen LogP) is 2.28. The number of aryl methyl sites for hydroxylation is 1. The maximum Gasteiger partial charge on any atom is 0.325 e. The maximum absolute atomic E-state index is 13.4. The molecule has 0 aliphatic heterocycles. The van der Waals surface area contributed by atoms with Crippen LogP contribution >= 0.6 is 0 Å². The van der Waals surface area contributed by atoms with Gasteiger partial charge in [0.05, 0.1) is 5.69 Å². The number of benzene rings is 1. The first-order chi connectivity index (χ1) is 9.77. The van der Waals surface area contributed by atoms with Gasteiger partial charge in [0.1, 0.15) is 5.82 Å². The average Bonchev–Trinajstić information content (AvgIpc) is 2.32. The highest BCUT2D eigenvalue weighted by Gasteiger charge is 2.15. The summed E-state index contributed by atoms with van der Waals surface area (Å²) in [6.45, 7) is 3.33. The second-order valence-electron chi connectivity index (χ2n) is 4.89. The van der Waals surface area contributed by atoms with E-state index in [9.17, 15) is 18.8 Å². The van der Waals surface area contributed by atoms with E-state index in [1.54, 1.807) is 19.9 Å². The van der Waals surface area contributed by atoms with Crippen LogP contribution in [-0.2, 0) is 9.59 Å². The lowest BCUT2D eigenvalue weighted by Crippen LogP contribution is -2.35. The smallest absolute Gasteiger partial charge is 0.325 e. The Kier molecular flexibility index (Phi) is 5.83. The van der Waals surface area contributed by atoms with Gasteiger partial charge in [0, 0.05) is 12.8 Å². The zero-order valence-electron chi connectivity index (χ0n) is 11.8. The molecule has 21 heavy (non-hydrogen) atoms. The molecule has 1 atom stereocenters. The van der Waals surface area contributed by atoms with Crippen molar-refractivity contribution < 1.29 is 23.9 Å². The van der Waals surface area contributed by atoms with Crippen LogP contribution in [0.2, 0.25) is 0 Å². The van der Waals surface area contributed by atoms with Gasteiger partial charge in [-0.2, -0.15) is 0 Å². The maximum atomic E-state index is 13.4. The monoisotopic (exact) mass is 296 g/mol. The first kappa shape index (κ1) is 16.6. The van der Waals surface area contributed by atoms with Crippen molar-refractivity contribution in [1.82, 2.24) is 5.32 Å². The lowest BCUT2D eigenvalue weighted by molar-refractivity contribution is -0.138. The fourth-order valence-electron chi connectivity index (χ4n) is 1.75. The number of halogens is 1. The number of carboxylic acids is 1. The Balaban J connectivity index is 2.51. The molecule has 0 aliphatic rings. The summed E-state index contributed by atoms with van der Waals surface area (Å²) >= 11 is 0. The number of imide groups is 1. The molecule has 0 fully saturated rings. The number of hydrogen-bond donors (Lipinski definition) is 3. The van der Waals surface area contributed by atoms with Crippen LogP contribution in [0.3, 0.4) is 0 Å². The summed E-state index contributed by atoms with van der Waals surface area (Å²) in [6, 6.07) is 3.35. The highest BCUT2D eigenvalue weighted by Crippen LogP contribution is 2.15. The molecule has 0 spiro atoms. The molecule has 1 rings (SSSR count). The van der Waals surface area contributed by atoms with Crippen molar-refractivity contribution in [1.29, 1.82) is 0 Å². The topological polar surface area (TPSA) is 95.5 Å². The SMILES string of the molecule is Cc1ccc(F)c(NC(=O)NC(=O)CC(C)CC(=O)O)c1. The van der Waals surface area contributed by atoms with Crippen molar-refractivity contribution in [2.24, 2.45) is 5.92 Å². The molecule has 114 valence electrons. The zero-order chi connectivity index (χ0) is 16.0. The molecule has 6 nitrogen and oxygen atoms in total. The van der Waals surface area contributed by atoms with E-state index in [1.807, 2.05) is 5.32 Å². The number of carbonyl (C=O) groups is 3. The quantitative estimate of drug-likeness (QED) is 0.776. The second kappa shape index (κ2) is 7.37. The van der Waals surface area contributed by atoms with Gasteiger partial charge >= 0.3 is 12.0 Å². The van der Waals surface area contributed by atoms with Crippen LogP contribution in [-0.4, -0.2) is 23.0 Å². The lowest BCUT2D eigenvalue weighted by Gasteiger charge is -2.10. The Hall–Kier alpha value is -2.44. The predicted molar refractivity (Wildman–Crippen MR) is 74.3 cm³/mol. The van der Waals surface area contributed by atoms with Crippen LogP contribution in [0, 0.1) is 18.7 Å². The summed E-state index contributed by atoms with van der Waals surface area (Å²) in [6.07, 6.45) is -0.266. The fraction of sp³-hybridized carbons (Fsp3) is 0.357. The minimum Gasteiger partial charge on any atom is -0.481 e. The van der Waals surface area contributed by atoms with E-state index in [0.717, 1.165) is 5.56 Å². The molecule has 3 N–H and O–H groups in total.